The van der Waals surface area contributed by atoms with Gasteiger partial charge in [0.2, 0.25) is 5.91 Å². The summed E-state index contributed by atoms with van der Waals surface area (Å²) in [7, 11) is 0. The van der Waals surface area contributed by atoms with Crippen molar-refractivity contribution in [2.45, 2.75) is 43.8 Å². The highest BCUT2D eigenvalue weighted by molar-refractivity contribution is 5.84. The molecule has 6 heteroatoms. The zero-order valence-electron chi connectivity index (χ0n) is 13.6. The van der Waals surface area contributed by atoms with E-state index in [0.29, 0.717) is 12.3 Å². The Hall–Kier alpha value is -1.56. The van der Waals surface area contributed by atoms with E-state index >= 15 is 0 Å². The fraction of sp³-hybridized carbons (Fsp3) is 0.611. The van der Waals surface area contributed by atoms with Crippen LogP contribution in [0.15, 0.2) is 30.3 Å². The lowest BCUT2D eigenvalue weighted by Gasteiger charge is -2.26. The van der Waals surface area contributed by atoms with Crippen molar-refractivity contribution in [3.63, 3.8) is 0 Å². The summed E-state index contributed by atoms with van der Waals surface area (Å²) in [6.45, 7) is 0.653. The van der Waals surface area contributed by atoms with E-state index in [1.165, 1.54) is 5.56 Å². The van der Waals surface area contributed by atoms with Crippen LogP contribution in [0.4, 0.5) is 13.2 Å². The van der Waals surface area contributed by atoms with E-state index in [9.17, 15) is 18.0 Å². The Bertz CT molecular complexity index is 561. The molecule has 2 fully saturated rings. The zero-order chi connectivity index (χ0) is 17.2. The van der Waals surface area contributed by atoms with Crippen LogP contribution in [0.3, 0.4) is 0 Å². The Balaban J connectivity index is 1.60. The minimum atomic E-state index is -4.32. The quantitative estimate of drug-likeness (QED) is 0.842. The Morgan fingerprint density at radius 3 is 2.46 bits per heavy atom. The summed E-state index contributed by atoms with van der Waals surface area (Å²) in [5.41, 5.74) is 1.32. The summed E-state index contributed by atoms with van der Waals surface area (Å²) in [4.78, 5) is 15.4. The van der Waals surface area contributed by atoms with Crippen molar-refractivity contribution in [1.82, 2.24) is 9.80 Å². The Morgan fingerprint density at radius 1 is 1.00 bits per heavy atom. The van der Waals surface area contributed by atoms with Crippen LogP contribution in [0.25, 0.3) is 0 Å². The first-order valence-corrected chi connectivity index (χ1v) is 8.58. The lowest BCUT2D eigenvalue weighted by Crippen LogP contribution is -2.44. The molecule has 24 heavy (non-hydrogen) atoms. The van der Waals surface area contributed by atoms with Crippen molar-refractivity contribution in [2.75, 3.05) is 26.2 Å². The maximum absolute atomic E-state index is 12.5. The molecule has 2 heterocycles. The van der Waals surface area contributed by atoms with E-state index in [4.69, 9.17) is 0 Å². The molecule has 1 aromatic carbocycles. The Morgan fingerprint density at radius 2 is 1.75 bits per heavy atom. The normalized spacial score (nSPS) is 26.6. The number of amides is 1. The van der Waals surface area contributed by atoms with Crippen LogP contribution in [0.1, 0.15) is 37.2 Å². The highest BCUT2D eigenvalue weighted by Crippen LogP contribution is 2.30. The maximum Gasteiger partial charge on any atom is 0.406 e. The van der Waals surface area contributed by atoms with Gasteiger partial charge in [-0.3, -0.25) is 9.69 Å². The van der Waals surface area contributed by atoms with Crippen molar-refractivity contribution >= 4 is 5.91 Å². The van der Waals surface area contributed by atoms with Gasteiger partial charge in [0.25, 0.3) is 0 Å². The number of carbonyl (C=O) groups excluding carboxylic acids is 1. The third kappa shape index (κ3) is 4.09. The average Bonchev–Trinajstić information content (AvgIpc) is 2.76. The number of hydrogen-bond donors (Lipinski definition) is 0. The van der Waals surface area contributed by atoms with Crippen molar-refractivity contribution in [2.24, 2.45) is 0 Å². The number of benzene rings is 1. The minimum Gasteiger partial charge on any atom is -0.332 e. The van der Waals surface area contributed by atoms with Gasteiger partial charge >= 0.3 is 6.18 Å². The van der Waals surface area contributed by atoms with Gasteiger partial charge in [-0.2, -0.15) is 13.2 Å². The van der Waals surface area contributed by atoms with Gasteiger partial charge in [-0.15, -0.1) is 0 Å². The first-order valence-electron chi connectivity index (χ1n) is 8.58. The van der Waals surface area contributed by atoms with E-state index in [1.54, 1.807) is 0 Å². The van der Waals surface area contributed by atoms with E-state index in [-0.39, 0.29) is 18.5 Å². The molecule has 0 radical (unpaired) electrons. The van der Waals surface area contributed by atoms with Gasteiger partial charge in [0, 0.05) is 6.54 Å². The SMILES string of the molecule is O=C1C(N2CCCC(c3ccccc3)CC2)CCN1CC(F)(F)F. The maximum atomic E-state index is 12.5. The van der Waals surface area contributed by atoms with Crippen LogP contribution >= 0.6 is 0 Å². The first-order chi connectivity index (χ1) is 11.4. The Labute approximate surface area is 140 Å². The third-order valence-electron chi connectivity index (χ3n) is 5.11. The predicted octanol–water partition coefficient (Wildman–Crippen LogP) is 3.42. The first kappa shape index (κ1) is 17.3. The molecule has 0 saturated carbocycles. The number of halogens is 3. The summed E-state index contributed by atoms with van der Waals surface area (Å²) >= 11 is 0. The second-order valence-corrected chi connectivity index (χ2v) is 6.75. The standard InChI is InChI=1S/C18H23F3N2O/c19-18(20,21)13-23-12-9-16(17(23)24)22-10-4-7-15(8-11-22)14-5-2-1-3-6-14/h1-3,5-6,15-16H,4,7-13H2. The molecule has 2 aliphatic heterocycles. The molecule has 0 N–H and O–H groups in total. The number of nitrogens with zero attached hydrogens (tertiary/aromatic N) is 2. The third-order valence-corrected chi connectivity index (χ3v) is 5.11. The molecule has 132 valence electrons. The number of carbonyl (C=O) groups is 1. The molecule has 0 aliphatic carbocycles. The van der Waals surface area contributed by atoms with Crippen LogP contribution in [-0.2, 0) is 4.79 Å². The van der Waals surface area contributed by atoms with Gasteiger partial charge in [0.05, 0.1) is 6.04 Å². The number of rotatable bonds is 3. The molecule has 0 spiro atoms. The van der Waals surface area contributed by atoms with Crippen LogP contribution in [-0.4, -0.2) is 54.1 Å². The number of likely N-dealkylation sites (tertiary alicyclic amines) is 2. The molecule has 2 saturated heterocycles. The molecule has 0 aromatic heterocycles. The fourth-order valence-corrected chi connectivity index (χ4v) is 3.92. The van der Waals surface area contributed by atoms with Crippen molar-refractivity contribution in [3.05, 3.63) is 35.9 Å². The van der Waals surface area contributed by atoms with Crippen LogP contribution in [0.5, 0.6) is 0 Å². The van der Waals surface area contributed by atoms with Crippen LogP contribution in [0, 0.1) is 0 Å². The van der Waals surface area contributed by atoms with Gasteiger partial charge < -0.3 is 4.90 Å². The molecule has 2 unspecified atom stereocenters. The predicted molar refractivity (Wildman–Crippen MR) is 85.6 cm³/mol. The van der Waals surface area contributed by atoms with E-state index in [1.807, 2.05) is 18.2 Å². The van der Waals surface area contributed by atoms with E-state index < -0.39 is 12.7 Å². The monoisotopic (exact) mass is 340 g/mol. The van der Waals surface area contributed by atoms with Crippen molar-refractivity contribution < 1.29 is 18.0 Å². The largest absolute Gasteiger partial charge is 0.406 e. The van der Waals surface area contributed by atoms with E-state index in [2.05, 4.69) is 17.0 Å². The van der Waals surface area contributed by atoms with Crippen LogP contribution < -0.4 is 0 Å². The minimum absolute atomic E-state index is 0.210. The zero-order valence-corrected chi connectivity index (χ0v) is 13.6. The molecule has 1 amide bonds. The smallest absolute Gasteiger partial charge is 0.332 e. The number of hydrogen-bond acceptors (Lipinski definition) is 2. The topological polar surface area (TPSA) is 23.6 Å². The average molecular weight is 340 g/mol. The Kier molecular flexibility index (Phi) is 5.13. The van der Waals surface area contributed by atoms with Crippen molar-refractivity contribution in [1.29, 1.82) is 0 Å². The van der Waals surface area contributed by atoms with Gasteiger partial charge in [0.15, 0.2) is 0 Å². The summed E-state index contributed by atoms with van der Waals surface area (Å²) in [5, 5.41) is 0. The summed E-state index contributed by atoms with van der Waals surface area (Å²) in [5.74, 6) is 0.115. The molecule has 2 aliphatic rings. The van der Waals surface area contributed by atoms with Gasteiger partial charge in [-0.25, -0.2) is 0 Å². The summed E-state index contributed by atoms with van der Waals surface area (Å²) in [6, 6.07) is 9.96. The lowest BCUT2D eigenvalue weighted by atomic mass is 9.92. The highest BCUT2D eigenvalue weighted by Gasteiger charge is 2.41. The molecular weight excluding hydrogens is 317 g/mol. The fourth-order valence-electron chi connectivity index (χ4n) is 3.92. The van der Waals surface area contributed by atoms with Gasteiger partial charge in [0.1, 0.15) is 6.54 Å². The van der Waals surface area contributed by atoms with Crippen LogP contribution in [0.2, 0.25) is 0 Å². The second kappa shape index (κ2) is 7.13. The van der Waals surface area contributed by atoms with Gasteiger partial charge in [-0.1, -0.05) is 30.3 Å². The van der Waals surface area contributed by atoms with E-state index in [0.717, 1.165) is 37.3 Å². The molecule has 3 rings (SSSR count). The highest BCUT2D eigenvalue weighted by atomic mass is 19.4. The lowest BCUT2D eigenvalue weighted by molar-refractivity contribution is -0.159. The molecule has 3 nitrogen and oxygen atoms in total. The molecule has 1 aromatic rings. The van der Waals surface area contributed by atoms with Crippen molar-refractivity contribution in [3.8, 4) is 0 Å². The summed E-state index contributed by atoms with van der Waals surface area (Å²) in [6.07, 6.45) is -0.823. The number of alkyl halides is 3. The van der Waals surface area contributed by atoms with Gasteiger partial charge in [-0.05, 0) is 50.3 Å². The molecule has 2 atom stereocenters. The second-order valence-electron chi connectivity index (χ2n) is 6.75. The molecule has 0 bridgehead atoms. The summed E-state index contributed by atoms with van der Waals surface area (Å²) < 4.78 is 37.6. The molecular formula is C18H23F3N2O.